The fourth-order valence-corrected chi connectivity index (χ4v) is 1.75. The molecule has 0 spiro atoms. The molecule has 0 amide bonds. The van der Waals surface area contributed by atoms with E-state index >= 15 is 0 Å². The van der Waals surface area contributed by atoms with Crippen LogP contribution in [-0.2, 0) is 0 Å². The van der Waals surface area contributed by atoms with Gasteiger partial charge in [0, 0.05) is 17.0 Å². The minimum atomic E-state index is 0.101. The van der Waals surface area contributed by atoms with E-state index in [2.05, 4.69) is 13.0 Å². The van der Waals surface area contributed by atoms with Crippen molar-refractivity contribution in [3.8, 4) is 0 Å². The highest BCUT2D eigenvalue weighted by molar-refractivity contribution is 5.81. The Morgan fingerprint density at radius 2 is 2.14 bits per heavy atom. The summed E-state index contributed by atoms with van der Waals surface area (Å²) in [6.45, 7) is 2.14. The lowest BCUT2D eigenvalue weighted by Gasteiger charge is -2.07. The normalized spacial score (nSPS) is 13.3. The molecule has 0 radical (unpaired) electrons. The van der Waals surface area contributed by atoms with Crippen LogP contribution in [0.2, 0.25) is 0 Å². The summed E-state index contributed by atoms with van der Waals surface area (Å²) >= 11 is 0. The molecule has 2 heteroatoms. The Morgan fingerprint density at radius 1 is 1.36 bits per heavy atom. The summed E-state index contributed by atoms with van der Waals surface area (Å²) in [5.74, 6) is 0. The second kappa shape index (κ2) is 3.84. The largest absolute Gasteiger partial charge is 0.464 e. The van der Waals surface area contributed by atoms with Crippen molar-refractivity contribution in [2.75, 3.05) is 0 Å². The monoisotopic (exact) mass is 189 g/mol. The molecule has 0 aliphatic rings. The predicted octanol–water partition coefficient (Wildman–Crippen LogP) is 3.23. The van der Waals surface area contributed by atoms with Crippen LogP contribution in [0.5, 0.6) is 0 Å². The van der Waals surface area contributed by atoms with Crippen molar-refractivity contribution in [2.45, 2.75) is 25.8 Å². The summed E-state index contributed by atoms with van der Waals surface area (Å²) < 4.78 is 5.44. The van der Waals surface area contributed by atoms with Gasteiger partial charge in [0.2, 0.25) is 0 Å². The van der Waals surface area contributed by atoms with E-state index in [9.17, 15) is 0 Å². The zero-order valence-corrected chi connectivity index (χ0v) is 8.36. The Balaban J connectivity index is 2.42. The van der Waals surface area contributed by atoms with E-state index in [4.69, 9.17) is 10.2 Å². The van der Waals surface area contributed by atoms with Crippen LogP contribution in [0, 0.1) is 0 Å². The van der Waals surface area contributed by atoms with Crippen molar-refractivity contribution < 1.29 is 4.42 Å². The SMILES string of the molecule is CCC[C@H](N)c1coc2ccccc12. The highest BCUT2D eigenvalue weighted by Crippen LogP contribution is 2.26. The van der Waals surface area contributed by atoms with Gasteiger partial charge in [-0.3, -0.25) is 0 Å². The lowest BCUT2D eigenvalue weighted by Crippen LogP contribution is -2.08. The number of nitrogens with two attached hydrogens (primary N) is 1. The molecule has 0 saturated carbocycles. The zero-order chi connectivity index (χ0) is 9.97. The molecule has 1 aromatic carbocycles. The molecule has 0 saturated heterocycles. The Kier molecular flexibility index (Phi) is 2.55. The van der Waals surface area contributed by atoms with Crippen molar-refractivity contribution in [1.29, 1.82) is 0 Å². The molecule has 0 aliphatic heterocycles. The lowest BCUT2D eigenvalue weighted by atomic mass is 10.0. The van der Waals surface area contributed by atoms with Crippen molar-refractivity contribution >= 4 is 11.0 Å². The van der Waals surface area contributed by atoms with E-state index in [-0.39, 0.29) is 6.04 Å². The quantitative estimate of drug-likeness (QED) is 0.805. The molecule has 14 heavy (non-hydrogen) atoms. The summed E-state index contributed by atoms with van der Waals surface area (Å²) in [6.07, 6.45) is 3.88. The van der Waals surface area contributed by atoms with Crippen LogP contribution < -0.4 is 5.73 Å². The highest BCUT2D eigenvalue weighted by Gasteiger charge is 2.11. The van der Waals surface area contributed by atoms with Gasteiger partial charge in [-0.1, -0.05) is 31.5 Å². The minimum absolute atomic E-state index is 0.101. The van der Waals surface area contributed by atoms with E-state index in [1.165, 1.54) is 0 Å². The van der Waals surface area contributed by atoms with E-state index in [1.807, 2.05) is 18.2 Å². The molecule has 0 bridgehead atoms. The lowest BCUT2D eigenvalue weighted by molar-refractivity contribution is 0.586. The molecule has 74 valence electrons. The molecule has 0 fully saturated rings. The van der Waals surface area contributed by atoms with Crippen LogP contribution in [0.4, 0.5) is 0 Å². The molecule has 2 rings (SSSR count). The first-order valence-electron chi connectivity index (χ1n) is 5.04. The Bertz CT molecular complexity index is 419. The van der Waals surface area contributed by atoms with Gasteiger partial charge in [-0.15, -0.1) is 0 Å². The van der Waals surface area contributed by atoms with Gasteiger partial charge in [0.1, 0.15) is 5.58 Å². The number of hydrogen-bond acceptors (Lipinski definition) is 2. The van der Waals surface area contributed by atoms with Crippen LogP contribution in [0.3, 0.4) is 0 Å². The number of fused-ring (bicyclic) bond motifs is 1. The Labute approximate surface area is 83.7 Å². The molecular formula is C12H15NO. The third-order valence-corrected chi connectivity index (χ3v) is 2.51. The average molecular weight is 189 g/mol. The zero-order valence-electron chi connectivity index (χ0n) is 8.36. The molecule has 2 N–H and O–H groups in total. The number of furan rings is 1. The summed E-state index contributed by atoms with van der Waals surface area (Å²) in [4.78, 5) is 0. The summed E-state index contributed by atoms with van der Waals surface area (Å²) in [7, 11) is 0. The molecular weight excluding hydrogens is 174 g/mol. The van der Waals surface area contributed by atoms with E-state index < -0.39 is 0 Å². The topological polar surface area (TPSA) is 39.2 Å². The second-order valence-electron chi connectivity index (χ2n) is 3.58. The maximum Gasteiger partial charge on any atom is 0.134 e. The van der Waals surface area contributed by atoms with Crippen LogP contribution in [-0.4, -0.2) is 0 Å². The van der Waals surface area contributed by atoms with Gasteiger partial charge in [0.05, 0.1) is 6.26 Å². The molecule has 2 nitrogen and oxygen atoms in total. The molecule has 1 aromatic heterocycles. The number of rotatable bonds is 3. The fourth-order valence-electron chi connectivity index (χ4n) is 1.75. The van der Waals surface area contributed by atoms with Crippen molar-refractivity contribution in [3.63, 3.8) is 0 Å². The number of para-hydroxylation sites is 1. The van der Waals surface area contributed by atoms with E-state index in [1.54, 1.807) is 6.26 Å². The van der Waals surface area contributed by atoms with Crippen molar-refractivity contribution in [3.05, 3.63) is 36.1 Å². The smallest absolute Gasteiger partial charge is 0.134 e. The third kappa shape index (κ3) is 1.53. The highest BCUT2D eigenvalue weighted by atomic mass is 16.3. The van der Waals surface area contributed by atoms with Gasteiger partial charge in [-0.2, -0.15) is 0 Å². The molecule has 0 aliphatic carbocycles. The third-order valence-electron chi connectivity index (χ3n) is 2.51. The van der Waals surface area contributed by atoms with Gasteiger partial charge in [-0.25, -0.2) is 0 Å². The van der Waals surface area contributed by atoms with Crippen LogP contribution in [0.25, 0.3) is 11.0 Å². The number of hydrogen-bond donors (Lipinski definition) is 1. The first kappa shape index (κ1) is 9.28. The second-order valence-corrected chi connectivity index (χ2v) is 3.58. The average Bonchev–Trinajstić information content (AvgIpc) is 2.61. The predicted molar refractivity (Wildman–Crippen MR) is 58.1 cm³/mol. The summed E-state index contributed by atoms with van der Waals surface area (Å²) in [6, 6.07) is 8.12. The molecule has 1 atom stereocenters. The van der Waals surface area contributed by atoms with E-state index in [0.717, 1.165) is 29.4 Å². The Morgan fingerprint density at radius 3 is 2.93 bits per heavy atom. The summed E-state index contributed by atoms with van der Waals surface area (Å²) in [5, 5.41) is 1.15. The van der Waals surface area contributed by atoms with Gasteiger partial charge in [0.15, 0.2) is 0 Å². The maximum atomic E-state index is 6.06. The first-order valence-corrected chi connectivity index (χ1v) is 5.04. The van der Waals surface area contributed by atoms with Crippen molar-refractivity contribution in [1.82, 2.24) is 0 Å². The van der Waals surface area contributed by atoms with Gasteiger partial charge >= 0.3 is 0 Å². The fraction of sp³-hybridized carbons (Fsp3) is 0.333. The van der Waals surface area contributed by atoms with Crippen molar-refractivity contribution in [2.24, 2.45) is 5.73 Å². The molecule has 2 aromatic rings. The first-order chi connectivity index (χ1) is 6.83. The van der Waals surface area contributed by atoms with Crippen LogP contribution in [0.1, 0.15) is 31.4 Å². The molecule has 0 unspecified atom stereocenters. The number of benzene rings is 1. The van der Waals surface area contributed by atoms with Gasteiger partial charge in [0.25, 0.3) is 0 Å². The standard InChI is InChI=1S/C12H15NO/c1-2-5-11(13)10-8-14-12-7-4-3-6-9(10)12/h3-4,6-8,11H,2,5,13H2,1H3/t11-/m0/s1. The van der Waals surface area contributed by atoms with Crippen LogP contribution >= 0.6 is 0 Å². The minimum Gasteiger partial charge on any atom is -0.464 e. The maximum absolute atomic E-state index is 6.06. The van der Waals surface area contributed by atoms with Crippen LogP contribution in [0.15, 0.2) is 34.9 Å². The van der Waals surface area contributed by atoms with E-state index in [0.29, 0.717) is 0 Å². The van der Waals surface area contributed by atoms with Gasteiger partial charge in [-0.05, 0) is 12.5 Å². The van der Waals surface area contributed by atoms with Gasteiger partial charge < -0.3 is 10.2 Å². The molecule has 1 heterocycles. The Hall–Kier alpha value is -1.28. The summed E-state index contributed by atoms with van der Waals surface area (Å²) in [5.41, 5.74) is 8.11.